The third kappa shape index (κ3) is 2.99. The molecule has 1 aliphatic heterocycles. The number of aryl methyl sites for hydroxylation is 1. The van der Waals surface area contributed by atoms with Crippen LogP contribution in [0.4, 0.5) is 5.82 Å². The summed E-state index contributed by atoms with van der Waals surface area (Å²) in [6.45, 7) is 5.82. The number of nitrogens with zero attached hydrogens (tertiary/aromatic N) is 2. The van der Waals surface area contributed by atoms with E-state index < -0.39 is 0 Å². The SMILES string of the molecule is CCCNc1cc(C)nc(C2CCOc3ccccc32)n1. The van der Waals surface area contributed by atoms with Crippen molar-refractivity contribution in [3.63, 3.8) is 0 Å². The molecule has 4 nitrogen and oxygen atoms in total. The van der Waals surface area contributed by atoms with Crippen molar-refractivity contribution in [3.8, 4) is 5.75 Å². The second kappa shape index (κ2) is 6.12. The zero-order valence-corrected chi connectivity index (χ0v) is 12.6. The van der Waals surface area contributed by atoms with Crippen LogP contribution in [0.2, 0.25) is 0 Å². The highest BCUT2D eigenvalue weighted by molar-refractivity contribution is 5.43. The zero-order valence-electron chi connectivity index (χ0n) is 12.6. The van der Waals surface area contributed by atoms with Crippen molar-refractivity contribution in [1.29, 1.82) is 0 Å². The maximum absolute atomic E-state index is 5.73. The maximum Gasteiger partial charge on any atom is 0.138 e. The Morgan fingerprint density at radius 2 is 2.14 bits per heavy atom. The van der Waals surface area contributed by atoms with Crippen LogP contribution in [-0.2, 0) is 0 Å². The van der Waals surface area contributed by atoms with Gasteiger partial charge >= 0.3 is 0 Å². The van der Waals surface area contributed by atoms with Crippen molar-refractivity contribution >= 4 is 5.82 Å². The smallest absolute Gasteiger partial charge is 0.138 e. The highest BCUT2D eigenvalue weighted by Gasteiger charge is 2.25. The molecule has 0 aliphatic carbocycles. The third-order valence-electron chi connectivity index (χ3n) is 3.70. The number of rotatable bonds is 4. The van der Waals surface area contributed by atoms with Gasteiger partial charge in [-0.3, -0.25) is 0 Å². The lowest BCUT2D eigenvalue weighted by Crippen LogP contribution is -2.18. The number of benzene rings is 1. The van der Waals surface area contributed by atoms with E-state index >= 15 is 0 Å². The Bertz CT molecular complexity index is 627. The average molecular weight is 283 g/mol. The summed E-state index contributed by atoms with van der Waals surface area (Å²) in [5.74, 6) is 2.99. The molecule has 0 saturated heterocycles. The Labute approximate surface area is 125 Å². The summed E-state index contributed by atoms with van der Waals surface area (Å²) < 4.78 is 5.73. The summed E-state index contributed by atoms with van der Waals surface area (Å²) in [6, 6.07) is 10.2. The van der Waals surface area contributed by atoms with Crippen LogP contribution in [0.15, 0.2) is 30.3 Å². The number of fused-ring (bicyclic) bond motifs is 1. The summed E-state index contributed by atoms with van der Waals surface area (Å²) in [7, 11) is 0. The molecule has 0 amide bonds. The molecule has 2 heterocycles. The molecule has 1 aliphatic rings. The predicted molar refractivity (Wildman–Crippen MR) is 83.9 cm³/mol. The molecule has 0 radical (unpaired) electrons. The molecule has 4 heteroatoms. The molecule has 1 aromatic carbocycles. The Kier molecular flexibility index (Phi) is 4.04. The molecule has 0 bridgehead atoms. The molecule has 1 N–H and O–H groups in total. The highest BCUT2D eigenvalue weighted by Crippen LogP contribution is 2.36. The number of anilines is 1. The standard InChI is InChI=1S/C17H21N3O/c1-3-9-18-16-11-12(2)19-17(20-16)14-8-10-21-15-7-5-4-6-13(14)15/h4-7,11,14H,3,8-10H2,1-2H3,(H,18,19,20). The van der Waals surface area contributed by atoms with Crippen molar-refractivity contribution in [2.75, 3.05) is 18.5 Å². The van der Waals surface area contributed by atoms with Gasteiger partial charge in [0.25, 0.3) is 0 Å². The first-order valence-corrected chi connectivity index (χ1v) is 7.59. The van der Waals surface area contributed by atoms with Crippen LogP contribution in [0.1, 0.15) is 42.8 Å². The average Bonchev–Trinajstić information content (AvgIpc) is 2.52. The summed E-state index contributed by atoms with van der Waals surface area (Å²) >= 11 is 0. The van der Waals surface area contributed by atoms with Crippen molar-refractivity contribution in [2.45, 2.75) is 32.6 Å². The molecule has 1 unspecified atom stereocenters. The van der Waals surface area contributed by atoms with Gasteiger partial charge in [-0.1, -0.05) is 25.1 Å². The number of hydrogen-bond donors (Lipinski definition) is 1. The van der Waals surface area contributed by atoms with E-state index in [1.54, 1.807) is 0 Å². The van der Waals surface area contributed by atoms with E-state index in [-0.39, 0.29) is 5.92 Å². The van der Waals surface area contributed by atoms with Gasteiger partial charge in [0.2, 0.25) is 0 Å². The summed E-state index contributed by atoms with van der Waals surface area (Å²) in [6.07, 6.45) is 2.01. The molecule has 110 valence electrons. The lowest BCUT2D eigenvalue weighted by atomic mass is 9.92. The van der Waals surface area contributed by atoms with Crippen LogP contribution in [0, 0.1) is 6.92 Å². The highest BCUT2D eigenvalue weighted by atomic mass is 16.5. The van der Waals surface area contributed by atoms with E-state index in [0.717, 1.165) is 49.1 Å². The fourth-order valence-electron chi connectivity index (χ4n) is 2.70. The van der Waals surface area contributed by atoms with Crippen molar-refractivity contribution in [1.82, 2.24) is 9.97 Å². The van der Waals surface area contributed by atoms with Gasteiger partial charge < -0.3 is 10.1 Å². The summed E-state index contributed by atoms with van der Waals surface area (Å²) in [5, 5.41) is 3.36. The molecule has 3 rings (SSSR count). The number of ether oxygens (including phenoxy) is 1. The largest absolute Gasteiger partial charge is 0.493 e. The number of aromatic nitrogens is 2. The second-order valence-electron chi connectivity index (χ2n) is 5.41. The number of para-hydroxylation sites is 1. The summed E-state index contributed by atoms with van der Waals surface area (Å²) in [4.78, 5) is 9.37. The normalized spacial score (nSPS) is 17.0. The first-order valence-electron chi connectivity index (χ1n) is 7.59. The lowest BCUT2D eigenvalue weighted by molar-refractivity contribution is 0.274. The van der Waals surface area contributed by atoms with Gasteiger partial charge in [0.1, 0.15) is 17.4 Å². The fourth-order valence-corrected chi connectivity index (χ4v) is 2.70. The van der Waals surface area contributed by atoms with Crippen LogP contribution >= 0.6 is 0 Å². The minimum absolute atomic E-state index is 0.219. The van der Waals surface area contributed by atoms with E-state index in [0.29, 0.717) is 0 Å². The van der Waals surface area contributed by atoms with Crippen LogP contribution in [0.5, 0.6) is 5.75 Å². The van der Waals surface area contributed by atoms with E-state index in [4.69, 9.17) is 9.72 Å². The minimum atomic E-state index is 0.219. The molecule has 2 aromatic rings. The first-order chi connectivity index (χ1) is 10.3. The monoisotopic (exact) mass is 283 g/mol. The topological polar surface area (TPSA) is 47.0 Å². The maximum atomic E-state index is 5.73. The second-order valence-corrected chi connectivity index (χ2v) is 5.41. The molecule has 0 spiro atoms. The van der Waals surface area contributed by atoms with E-state index in [1.807, 2.05) is 31.2 Å². The number of hydrogen-bond acceptors (Lipinski definition) is 4. The summed E-state index contributed by atoms with van der Waals surface area (Å²) in [5.41, 5.74) is 2.19. The van der Waals surface area contributed by atoms with E-state index in [2.05, 4.69) is 23.3 Å². The van der Waals surface area contributed by atoms with Gasteiger partial charge in [0, 0.05) is 23.9 Å². The Morgan fingerprint density at radius 1 is 1.29 bits per heavy atom. The van der Waals surface area contributed by atoms with Crippen molar-refractivity contribution < 1.29 is 4.74 Å². The lowest BCUT2D eigenvalue weighted by Gasteiger charge is -2.25. The minimum Gasteiger partial charge on any atom is -0.493 e. The molecule has 0 saturated carbocycles. The van der Waals surface area contributed by atoms with Gasteiger partial charge in [0.05, 0.1) is 12.5 Å². The third-order valence-corrected chi connectivity index (χ3v) is 3.70. The number of nitrogens with one attached hydrogen (secondary N) is 1. The fraction of sp³-hybridized carbons (Fsp3) is 0.412. The van der Waals surface area contributed by atoms with E-state index in [9.17, 15) is 0 Å². The molecular weight excluding hydrogens is 262 g/mol. The van der Waals surface area contributed by atoms with Crippen LogP contribution in [0.3, 0.4) is 0 Å². The first kappa shape index (κ1) is 13.9. The van der Waals surface area contributed by atoms with Gasteiger partial charge in [-0.05, 0) is 25.8 Å². The van der Waals surface area contributed by atoms with E-state index in [1.165, 1.54) is 5.56 Å². The Balaban J connectivity index is 1.95. The predicted octanol–water partition coefficient (Wildman–Crippen LogP) is 3.52. The van der Waals surface area contributed by atoms with Crippen LogP contribution in [-0.4, -0.2) is 23.1 Å². The molecular formula is C17H21N3O. The van der Waals surface area contributed by atoms with Gasteiger partial charge in [-0.25, -0.2) is 9.97 Å². The molecule has 0 fully saturated rings. The van der Waals surface area contributed by atoms with Gasteiger partial charge in [0.15, 0.2) is 0 Å². The van der Waals surface area contributed by atoms with Crippen molar-refractivity contribution in [3.05, 3.63) is 47.4 Å². The zero-order chi connectivity index (χ0) is 14.7. The van der Waals surface area contributed by atoms with Crippen LogP contribution in [0.25, 0.3) is 0 Å². The Hall–Kier alpha value is -2.10. The van der Waals surface area contributed by atoms with Gasteiger partial charge in [-0.15, -0.1) is 0 Å². The molecule has 1 atom stereocenters. The van der Waals surface area contributed by atoms with Crippen LogP contribution < -0.4 is 10.1 Å². The van der Waals surface area contributed by atoms with Crippen molar-refractivity contribution in [2.24, 2.45) is 0 Å². The van der Waals surface area contributed by atoms with Gasteiger partial charge in [-0.2, -0.15) is 0 Å². The Morgan fingerprint density at radius 3 is 3.00 bits per heavy atom. The molecule has 21 heavy (non-hydrogen) atoms. The quantitative estimate of drug-likeness (QED) is 0.932. The molecule has 1 aromatic heterocycles.